The van der Waals surface area contributed by atoms with Crippen LogP contribution in [0, 0.1) is 58.3 Å². The minimum absolute atomic E-state index is 0.0582. The Hall–Kier alpha value is -2.55. The highest BCUT2D eigenvalue weighted by atomic mass is 16.5. The molecular weight excluding hydrogens is 486 g/mol. The number of allylic oxidation sites excluding steroid dienone is 4. The molecule has 3 saturated carbocycles. The van der Waals surface area contributed by atoms with Crippen LogP contribution in [0.25, 0.3) is 4.85 Å². The van der Waals surface area contributed by atoms with Crippen molar-refractivity contribution in [1.29, 1.82) is 0 Å². The minimum Gasteiger partial charge on any atom is -0.339 e. The number of rotatable bonds is 1. The second-order valence-electron chi connectivity index (χ2n) is 15.5. The van der Waals surface area contributed by atoms with Crippen molar-refractivity contribution < 1.29 is 14.1 Å². The summed E-state index contributed by atoms with van der Waals surface area (Å²) in [6, 6.07) is 0. The highest BCUT2D eigenvalue weighted by molar-refractivity contribution is 6.03. The van der Waals surface area contributed by atoms with E-state index in [1.165, 1.54) is 0 Å². The van der Waals surface area contributed by atoms with Crippen molar-refractivity contribution in [3.63, 3.8) is 0 Å². The van der Waals surface area contributed by atoms with Crippen LogP contribution in [0.15, 0.2) is 27.9 Å². The van der Waals surface area contributed by atoms with Crippen LogP contribution in [0.4, 0.5) is 0 Å². The highest BCUT2D eigenvalue weighted by Gasteiger charge is 2.70. The molecule has 3 fully saturated rings. The lowest BCUT2D eigenvalue weighted by Crippen LogP contribution is -2.65. The van der Waals surface area contributed by atoms with Gasteiger partial charge in [-0.15, -0.1) is 0 Å². The van der Waals surface area contributed by atoms with Gasteiger partial charge in [0.15, 0.2) is 17.4 Å². The number of fused-ring (bicyclic) bond motifs is 7. The Bertz CT molecular complexity index is 1390. The molecule has 0 saturated heterocycles. The lowest BCUT2D eigenvalue weighted by molar-refractivity contribution is -0.161. The molecule has 0 radical (unpaired) electrons. The summed E-state index contributed by atoms with van der Waals surface area (Å²) in [5, 5.41) is 4.18. The van der Waals surface area contributed by atoms with E-state index >= 15 is 0 Å². The molecule has 39 heavy (non-hydrogen) atoms. The Morgan fingerprint density at radius 1 is 1.00 bits per heavy atom. The number of Topliss-reactive ketones (excluding diaryl/α,β-unsaturated/α-hetero) is 1. The zero-order valence-corrected chi connectivity index (χ0v) is 24.9. The smallest absolute Gasteiger partial charge is 0.233 e. The third kappa shape index (κ3) is 3.19. The molecule has 1 aromatic heterocycles. The molecule has 208 valence electrons. The summed E-state index contributed by atoms with van der Waals surface area (Å²) in [5.41, 5.74) is -0.353. The number of ketones is 2. The van der Waals surface area contributed by atoms with Crippen LogP contribution < -0.4 is 0 Å². The molecule has 2 unspecified atom stereocenters. The molecule has 1 aromatic rings. The lowest BCUT2D eigenvalue weighted by Gasteiger charge is -2.69. The van der Waals surface area contributed by atoms with Gasteiger partial charge in [-0.2, -0.15) is 4.98 Å². The topological polar surface area (TPSA) is 77.4 Å². The second-order valence-corrected chi connectivity index (χ2v) is 15.5. The van der Waals surface area contributed by atoms with E-state index in [1.54, 1.807) is 0 Å². The van der Waals surface area contributed by atoms with Crippen LogP contribution >= 0.6 is 0 Å². The Balaban J connectivity index is 1.54. The van der Waals surface area contributed by atoms with Crippen molar-refractivity contribution >= 4 is 11.6 Å². The molecular formula is C33H43N3O3. The van der Waals surface area contributed by atoms with Gasteiger partial charge in [-0.3, -0.25) is 4.79 Å². The predicted molar refractivity (Wildman–Crippen MR) is 148 cm³/mol. The van der Waals surface area contributed by atoms with Crippen LogP contribution in [0.3, 0.4) is 0 Å². The second kappa shape index (κ2) is 7.80. The van der Waals surface area contributed by atoms with E-state index in [2.05, 4.69) is 44.6 Å². The number of hydrogen-bond donors (Lipinski definition) is 0. The average Bonchev–Trinajstić information content (AvgIpc) is 3.29. The number of nitrogens with zero attached hydrogens (tertiary/aromatic N) is 3. The van der Waals surface area contributed by atoms with Gasteiger partial charge in [0.05, 0.1) is 12.0 Å². The molecule has 5 aliphatic carbocycles. The summed E-state index contributed by atoms with van der Waals surface area (Å²) in [7, 11) is 0. The van der Waals surface area contributed by atoms with Crippen molar-refractivity contribution in [3.8, 4) is 0 Å². The molecule has 6 rings (SSSR count). The van der Waals surface area contributed by atoms with Gasteiger partial charge in [0, 0.05) is 16.7 Å². The summed E-state index contributed by atoms with van der Waals surface area (Å²) in [4.78, 5) is 36.3. The first kappa shape index (κ1) is 26.7. The molecule has 0 spiro atoms. The first-order valence-corrected chi connectivity index (χ1v) is 14.8. The first-order valence-electron chi connectivity index (χ1n) is 14.8. The summed E-state index contributed by atoms with van der Waals surface area (Å²) in [5.74, 6) is 1.60. The monoisotopic (exact) mass is 529 g/mol. The summed E-state index contributed by atoms with van der Waals surface area (Å²) in [6.45, 7) is 25.3. The van der Waals surface area contributed by atoms with E-state index < -0.39 is 10.8 Å². The summed E-state index contributed by atoms with van der Waals surface area (Å²) in [6.07, 6.45) is 10.6. The van der Waals surface area contributed by atoms with Crippen molar-refractivity contribution in [2.24, 2.45) is 44.8 Å². The Morgan fingerprint density at radius 2 is 1.69 bits per heavy atom. The van der Waals surface area contributed by atoms with Gasteiger partial charge in [-0.1, -0.05) is 65.3 Å². The molecule has 0 N–H and O–H groups in total. The van der Waals surface area contributed by atoms with Gasteiger partial charge in [-0.05, 0) is 86.0 Å². The van der Waals surface area contributed by atoms with Gasteiger partial charge in [0.2, 0.25) is 11.6 Å². The van der Waals surface area contributed by atoms with Crippen LogP contribution in [-0.4, -0.2) is 21.7 Å². The number of aryl methyl sites for hydroxylation is 1. The van der Waals surface area contributed by atoms with Crippen LogP contribution in [-0.2, 0) is 15.0 Å². The van der Waals surface area contributed by atoms with Crippen molar-refractivity contribution in [2.45, 2.75) is 106 Å². The van der Waals surface area contributed by atoms with E-state index in [0.29, 0.717) is 5.82 Å². The van der Waals surface area contributed by atoms with E-state index in [4.69, 9.17) is 16.1 Å². The average molecular weight is 530 g/mol. The predicted octanol–water partition coefficient (Wildman–Crippen LogP) is 7.20. The molecule has 0 bridgehead atoms. The molecule has 0 aromatic carbocycles. The standard InChI is InChI=1S/C33H43N3O3/c1-19-35-27(39-36-19)33-14-12-28(2,3)17-20(33)25-22(37)16-24-30(6)18-21(34-9)26(38)29(4,5)23(30)10-11-31(24,7)32(25,8)13-15-33/h16,18,20,23,25H,10-15,17H2,1-8H3/t20?,23-,25?,30-,31+,32+,33-/m0/s1. The van der Waals surface area contributed by atoms with E-state index in [0.717, 1.165) is 56.4 Å². The maximum absolute atomic E-state index is 14.6. The highest BCUT2D eigenvalue weighted by Crippen LogP contribution is 2.74. The van der Waals surface area contributed by atoms with E-state index in [9.17, 15) is 9.59 Å². The number of carbonyl (C=O) groups excluding carboxylic acids is 2. The van der Waals surface area contributed by atoms with Crippen molar-refractivity contribution in [1.82, 2.24) is 10.1 Å². The van der Waals surface area contributed by atoms with E-state index in [-0.39, 0.29) is 56.7 Å². The zero-order valence-electron chi connectivity index (χ0n) is 24.9. The Labute approximate surface area is 232 Å². The van der Waals surface area contributed by atoms with Gasteiger partial charge in [0.1, 0.15) is 0 Å². The van der Waals surface area contributed by atoms with Crippen LogP contribution in [0.1, 0.15) is 105 Å². The third-order valence-electron chi connectivity index (χ3n) is 12.8. The molecule has 0 aliphatic heterocycles. The minimum atomic E-state index is -0.642. The van der Waals surface area contributed by atoms with Gasteiger partial charge >= 0.3 is 0 Å². The molecule has 7 atom stereocenters. The number of hydrogen-bond acceptors (Lipinski definition) is 5. The normalized spacial score (nSPS) is 44.1. The lowest BCUT2D eigenvalue weighted by atomic mass is 9.34. The molecule has 6 heteroatoms. The molecule has 1 heterocycles. The maximum Gasteiger partial charge on any atom is 0.233 e. The SMILES string of the molecule is [C-]#[N+]C1=C[C@]2(C)C3=CC(=O)C4C5CC(C)(C)CC[C@]5(c5nc(C)no5)CC[C@@]4(C)[C@]3(C)CC[C@H]2C(C)(C)C1=O. The van der Waals surface area contributed by atoms with Gasteiger partial charge < -0.3 is 9.32 Å². The summed E-state index contributed by atoms with van der Waals surface area (Å²) >= 11 is 0. The Kier molecular flexibility index (Phi) is 5.33. The quantitative estimate of drug-likeness (QED) is 0.360. The number of carbonyl (C=O) groups is 2. The zero-order chi connectivity index (χ0) is 28.4. The fourth-order valence-corrected chi connectivity index (χ4v) is 10.5. The van der Waals surface area contributed by atoms with Crippen molar-refractivity contribution in [2.75, 3.05) is 0 Å². The summed E-state index contributed by atoms with van der Waals surface area (Å²) < 4.78 is 5.90. The fraction of sp³-hybridized carbons (Fsp3) is 0.727. The van der Waals surface area contributed by atoms with Gasteiger partial charge in [-0.25, -0.2) is 4.85 Å². The van der Waals surface area contributed by atoms with E-state index in [1.807, 2.05) is 32.9 Å². The van der Waals surface area contributed by atoms with Crippen LogP contribution in [0.2, 0.25) is 0 Å². The molecule has 5 aliphatic rings. The maximum atomic E-state index is 14.6. The van der Waals surface area contributed by atoms with Crippen LogP contribution in [0.5, 0.6) is 0 Å². The first-order chi connectivity index (χ1) is 18.1. The third-order valence-corrected chi connectivity index (χ3v) is 12.8. The number of aromatic nitrogens is 2. The Morgan fingerprint density at radius 3 is 2.33 bits per heavy atom. The van der Waals surface area contributed by atoms with Crippen molar-refractivity contribution in [3.05, 3.63) is 46.6 Å². The fourth-order valence-electron chi connectivity index (χ4n) is 10.5. The molecule has 6 nitrogen and oxygen atoms in total. The van der Waals surface area contributed by atoms with Gasteiger partial charge in [0.25, 0.3) is 0 Å². The molecule has 0 amide bonds. The largest absolute Gasteiger partial charge is 0.339 e.